The molecular weight excluding hydrogens is 392 g/mol. The molecule has 0 radical (unpaired) electrons. The number of amides is 2. The number of hydrogen-bond donors (Lipinski definition) is 7. The summed E-state index contributed by atoms with van der Waals surface area (Å²) >= 11 is 1.51. The number of carboxylic acid groups (broad SMARTS) is 2. The Balaban J connectivity index is 5.09. The Morgan fingerprint density at radius 2 is 1.64 bits per heavy atom. The number of rotatable bonds is 14. The standard InChI is InChI=1S/C15H28N6O6S/c1-28-6-4-8(16)12(24)20-9(3-2-5-19-15(17)18)13(25)21-10(14(26)27)7-11(22)23/h8-10H,2-7,16H2,1H3,(H,20,24)(H,21,25)(H,22,23)(H,26,27)(H4,17,18,19). The minimum Gasteiger partial charge on any atom is -0.481 e. The van der Waals surface area contributed by atoms with E-state index in [1.165, 1.54) is 11.8 Å². The number of aliphatic carboxylic acids is 2. The van der Waals surface area contributed by atoms with E-state index in [1.807, 2.05) is 6.26 Å². The summed E-state index contributed by atoms with van der Waals surface area (Å²) in [5.74, 6) is -3.77. The van der Waals surface area contributed by atoms with Gasteiger partial charge in [-0.05, 0) is 31.3 Å². The molecule has 12 nitrogen and oxygen atoms in total. The zero-order valence-corrected chi connectivity index (χ0v) is 16.4. The predicted octanol–water partition coefficient (Wildman–Crippen LogP) is -2.35. The molecule has 3 atom stereocenters. The number of aliphatic imine (C=N–C) groups is 1. The first-order valence-electron chi connectivity index (χ1n) is 8.43. The van der Waals surface area contributed by atoms with Crippen LogP contribution < -0.4 is 27.8 Å². The van der Waals surface area contributed by atoms with Gasteiger partial charge in [-0.15, -0.1) is 0 Å². The molecule has 0 saturated heterocycles. The molecule has 0 fully saturated rings. The van der Waals surface area contributed by atoms with Crippen molar-refractivity contribution < 1.29 is 29.4 Å². The van der Waals surface area contributed by atoms with E-state index in [1.54, 1.807) is 0 Å². The normalized spacial score (nSPS) is 13.6. The minimum atomic E-state index is -1.63. The van der Waals surface area contributed by atoms with Crippen LogP contribution in [0.15, 0.2) is 4.99 Å². The average Bonchev–Trinajstić information content (AvgIpc) is 2.60. The highest BCUT2D eigenvalue weighted by molar-refractivity contribution is 7.98. The van der Waals surface area contributed by atoms with E-state index in [0.29, 0.717) is 18.6 Å². The van der Waals surface area contributed by atoms with Gasteiger partial charge in [0, 0.05) is 6.54 Å². The van der Waals surface area contributed by atoms with Gasteiger partial charge in [0.05, 0.1) is 12.5 Å². The topological polar surface area (TPSA) is 223 Å². The third-order valence-electron chi connectivity index (χ3n) is 3.54. The molecule has 28 heavy (non-hydrogen) atoms. The van der Waals surface area contributed by atoms with Crippen LogP contribution in [0.2, 0.25) is 0 Å². The van der Waals surface area contributed by atoms with Crippen LogP contribution in [0.4, 0.5) is 0 Å². The van der Waals surface area contributed by atoms with Gasteiger partial charge in [-0.1, -0.05) is 0 Å². The highest BCUT2D eigenvalue weighted by Gasteiger charge is 2.28. The largest absolute Gasteiger partial charge is 0.481 e. The summed E-state index contributed by atoms with van der Waals surface area (Å²) in [7, 11) is 0. The molecule has 10 N–H and O–H groups in total. The number of carbonyl (C=O) groups is 4. The van der Waals surface area contributed by atoms with Crippen LogP contribution in [0, 0.1) is 0 Å². The van der Waals surface area contributed by atoms with E-state index >= 15 is 0 Å². The Morgan fingerprint density at radius 1 is 1.04 bits per heavy atom. The SMILES string of the molecule is CSCCC(N)C(=O)NC(CCCN=C(N)N)C(=O)NC(CC(=O)O)C(=O)O. The molecule has 0 aromatic heterocycles. The van der Waals surface area contributed by atoms with Crippen LogP contribution in [0.5, 0.6) is 0 Å². The summed E-state index contributed by atoms with van der Waals surface area (Å²) in [4.78, 5) is 50.3. The fourth-order valence-electron chi connectivity index (χ4n) is 2.07. The molecule has 13 heteroatoms. The molecule has 0 aliphatic heterocycles. The van der Waals surface area contributed by atoms with Crippen LogP contribution in [-0.4, -0.2) is 76.6 Å². The Hall–Kier alpha value is -2.54. The molecule has 0 aliphatic rings. The lowest BCUT2D eigenvalue weighted by atomic mass is 10.1. The first kappa shape index (κ1) is 25.5. The molecule has 0 rings (SSSR count). The Morgan fingerprint density at radius 3 is 2.14 bits per heavy atom. The van der Waals surface area contributed by atoms with Gasteiger partial charge in [0.25, 0.3) is 0 Å². The van der Waals surface area contributed by atoms with Gasteiger partial charge in [0.15, 0.2) is 5.96 Å². The molecule has 3 unspecified atom stereocenters. The molecule has 0 spiro atoms. The van der Waals surface area contributed by atoms with Gasteiger partial charge in [-0.3, -0.25) is 19.4 Å². The molecule has 2 amide bonds. The second kappa shape index (κ2) is 13.6. The van der Waals surface area contributed by atoms with Crippen molar-refractivity contribution in [1.82, 2.24) is 10.6 Å². The third-order valence-corrected chi connectivity index (χ3v) is 4.19. The molecule has 0 bridgehead atoms. The van der Waals surface area contributed by atoms with Gasteiger partial charge in [-0.2, -0.15) is 11.8 Å². The number of nitrogens with zero attached hydrogens (tertiary/aromatic N) is 1. The van der Waals surface area contributed by atoms with E-state index in [2.05, 4.69) is 15.6 Å². The van der Waals surface area contributed by atoms with Crippen LogP contribution in [-0.2, 0) is 19.2 Å². The summed E-state index contributed by atoms with van der Waals surface area (Å²) in [5, 5.41) is 22.4. The lowest BCUT2D eigenvalue weighted by Gasteiger charge is -2.22. The summed E-state index contributed by atoms with van der Waals surface area (Å²) in [6.45, 7) is 0.192. The van der Waals surface area contributed by atoms with E-state index in [-0.39, 0.29) is 18.9 Å². The fourth-order valence-corrected chi connectivity index (χ4v) is 2.56. The maximum absolute atomic E-state index is 12.4. The lowest BCUT2D eigenvalue weighted by molar-refractivity contribution is -0.147. The summed E-state index contributed by atoms with van der Waals surface area (Å²) in [6.07, 6.45) is 1.87. The maximum Gasteiger partial charge on any atom is 0.326 e. The van der Waals surface area contributed by atoms with Crippen LogP contribution >= 0.6 is 11.8 Å². The highest BCUT2D eigenvalue weighted by Crippen LogP contribution is 2.04. The smallest absolute Gasteiger partial charge is 0.326 e. The second-order valence-electron chi connectivity index (χ2n) is 5.90. The van der Waals surface area contributed by atoms with E-state index in [9.17, 15) is 19.2 Å². The number of nitrogens with two attached hydrogens (primary N) is 3. The highest BCUT2D eigenvalue weighted by atomic mass is 32.2. The first-order valence-corrected chi connectivity index (χ1v) is 9.83. The van der Waals surface area contributed by atoms with Crippen LogP contribution in [0.3, 0.4) is 0 Å². The molecule has 0 aromatic carbocycles. The van der Waals surface area contributed by atoms with Crippen molar-refractivity contribution in [3.05, 3.63) is 0 Å². The third kappa shape index (κ3) is 11.2. The van der Waals surface area contributed by atoms with Crippen molar-refractivity contribution in [2.24, 2.45) is 22.2 Å². The van der Waals surface area contributed by atoms with E-state index in [4.69, 9.17) is 27.4 Å². The van der Waals surface area contributed by atoms with Crippen LogP contribution in [0.1, 0.15) is 25.7 Å². The van der Waals surface area contributed by atoms with Crippen molar-refractivity contribution >= 4 is 41.5 Å². The van der Waals surface area contributed by atoms with E-state index < -0.39 is 48.3 Å². The zero-order chi connectivity index (χ0) is 21.7. The molecule has 0 saturated carbocycles. The predicted molar refractivity (Wildman–Crippen MR) is 105 cm³/mol. The summed E-state index contributed by atoms with van der Waals surface area (Å²) in [6, 6.07) is -3.58. The lowest BCUT2D eigenvalue weighted by Crippen LogP contribution is -2.54. The van der Waals surface area contributed by atoms with Gasteiger partial charge in [0.1, 0.15) is 12.1 Å². The van der Waals surface area contributed by atoms with Gasteiger partial charge >= 0.3 is 11.9 Å². The Bertz CT molecular complexity index is 583. The summed E-state index contributed by atoms with van der Waals surface area (Å²) < 4.78 is 0. The molecule has 0 heterocycles. The molecule has 0 aliphatic carbocycles. The van der Waals surface area contributed by atoms with Crippen molar-refractivity contribution in [2.75, 3.05) is 18.6 Å². The number of carbonyl (C=O) groups excluding carboxylic acids is 2. The maximum atomic E-state index is 12.4. The van der Waals surface area contributed by atoms with Gasteiger partial charge < -0.3 is 38.0 Å². The fraction of sp³-hybridized carbons (Fsp3) is 0.667. The second-order valence-corrected chi connectivity index (χ2v) is 6.88. The van der Waals surface area contributed by atoms with Crippen molar-refractivity contribution in [2.45, 2.75) is 43.8 Å². The zero-order valence-electron chi connectivity index (χ0n) is 15.6. The molecule has 160 valence electrons. The van der Waals surface area contributed by atoms with Crippen molar-refractivity contribution in [3.63, 3.8) is 0 Å². The van der Waals surface area contributed by atoms with Crippen molar-refractivity contribution in [1.29, 1.82) is 0 Å². The summed E-state index contributed by atoms with van der Waals surface area (Å²) in [5.41, 5.74) is 16.2. The first-order chi connectivity index (χ1) is 13.1. The Labute approximate surface area is 166 Å². The van der Waals surface area contributed by atoms with Crippen LogP contribution in [0.25, 0.3) is 0 Å². The minimum absolute atomic E-state index is 0.100. The average molecular weight is 420 g/mol. The molecular formula is C15H28N6O6S. The van der Waals surface area contributed by atoms with Gasteiger partial charge in [-0.25, -0.2) is 4.79 Å². The van der Waals surface area contributed by atoms with Crippen molar-refractivity contribution in [3.8, 4) is 0 Å². The number of nitrogens with one attached hydrogen (secondary N) is 2. The Kier molecular flexibility index (Phi) is 12.4. The number of carboxylic acids is 2. The monoisotopic (exact) mass is 420 g/mol. The molecule has 0 aromatic rings. The number of hydrogen-bond acceptors (Lipinski definition) is 7. The van der Waals surface area contributed by atoms with E-state index in [0.717, 1.165) is 0 Å². The number of thioether (sulfide) groups is 1. The van der Waals surface area contributed by atoms with Gasteiger partial charge in [0.2, 0.25) is 11.8 Å². The quantitative estimate of drug-likeness (QED) is 0.0899. The number of guanidine groups is 1.